The van der Waals surface area contributed by atoms with Gasteiger partial charge in [0.2, 0.25) is 0 Å². The molecule has 0 heterocycles. The van der Waals surface area contributed by atoms with Crippen LogP contribution in [0, 0.1) is 0 Å². The molecule has 0 unspecified atom stereocenters. The lowest BCUT2D eigenvalue weighted by Gasteiger charge is -2.07. The van der Waals surface area contributed by atoms with E-state index in [9.17, 15) is 4.79 Å². The third-order valence-corrected chi connectivity index (χ3v) is 3.06. The smallest absolute Gasteiger partial charge is 0.251 e. The summed E-state index contributed by atoms with van der Waals surface area (Å²) in [5.74, 6) is 0.710. The van der Waals surface area contributed by atoms with Crippen LogP contribution < -0.4 is 15.8 Å². The lowest BCUT2D eigenvalue weighted by molar-refractivity contribution is 0.0951. The Hall–Kier alpha value is -2.33. The van der Waals surface area contributed by atoms with Crippen molar-refractivity contribution in [2.24, 2.45) is 5.73 Å². The normalized spacial score (nSPS) is 10.1. The van der Waals surface area contributed by atoms with E-state index in [4.69, 9.17) is 10.5 Å². The summed E-state index contributed by atoms with van der Waals surface area (Å²) in [6.07, 6.45) is 0. The molecule has 0 aliphatic rings. The molecular formula is C16H18N2O2. The molecule has 0 saturated carbocycles. The molecule has 4 heteroatoms. The third kappa shape index (κ3) is 3.59. The number of carbonyl (C=O) groups excluding carboxylic acids is 1. The Labute approximate surface area is 118 Å². The maximum absolute atomic E-state index is 12.0. The summed E-state index contributed by atoms with van der Waals surface area (Å²) in [5, 5.41) is 2.88. The number of methoxy groups -OCH3 is 1. The zero-order valence-electron chi connectivity index (χ0n) is 11.4. The highest BCUT2D eigenvalue weighted by Crippen LogP contribution is 2.11. The third-order valence-electron chi connectivity index (χ3n) is 3.06. The van der Waals surface area contributed by atoms with Gasteiger partial charge in [-0.1, -0.05) is 24.3 Å². The predicted octanol–water partition coefficient (Wildman–Crippen LogP) is 2.08. The Morgan fingerprint density at radius 2 is 1.65 bits per heavy atom. The van der Waals surface area contributed by atoms with Crippen molar-refractivity contribution in [1.82, 2.24) is 5.32 Å². The Bertz CT molecular complexity index is 562. The SMILES string of the molecule is COc1ccc(CNC(=O)c2ccc(CN)cc2)cc1. The maximum Gasteiger partial charge on any atom is 0.251 e. The van der Waals surface area contributed by atoms with E-state index in [0.29, 0.717) is 18.7 Å². The summed E-state index contributed by atoms with van der Waals surface area (Å²) >= 11 is 0. The van der Waals surface area contributed by atoms with E-state index in [1.165, 1.54) is 0 Å². The number of hydrogen-bond acceptors (Lipinski definition) is 3. The highest BCUT2D eigenvalue weighted by Gasteiger charge is 2.05. The Kier molecular flexibility index (Phi) is 4.74. The second kappa shape index (κ2) is 6.73. The van der Waals surface area contributed by atoms with Gasteiger partial charge in [-0.25, -0.2) is 0 Å². The van der Waals surface area contributed by atoms with Crippen molar-refractivity contribution < 1.29 is 9.53 Å². The van der Waals surface area contributed by atoms with Crippen LogP contribution in [0.1, 0.15) is 21.5 Å². The van der Waals surface area contributed by atoms with E-state index in [-0.39, 0.29) is 5.91 Å². The van der Waals surface area contributed by atoms with Crippen LogP contribution in [0.3, 0.4) is 0 Å². The van der Waals surface area contributed by atoms with Gasteiger partial charge in [-0.05, 0) is 35.4 Å². The molecule has 0 spiro atoms. The summed E-state index contributed by atoms with van der Waals surface area (Å²) in [6, 6.07) is 14.9. The van der Waals surface area contributed by atoms with Crippen LogP contribution in [-0.4, -0.2) is 13.0 Å². The largest absolute Gasteiger partial charge is 0.497 e. The summed E-state index contributed by atoms with van der Waals surface area (Å²) < 4.78 is 5.09. The van der Waals surface area contributed by atoms with Crippen molar-refractivity contribution in [1.29, 1.82) is 0 Å². The monoisotopic (exact) mass is 270 g/mol. The first kappa shape index (κ1) is 14.1. The lowest BCUT2D eigenvalue weighted by atomic mass is 10.1. The van der Waals surface area contributed by atoms with Crippen LogP contribution >= 0.6 is 0 Å². The average molecular weight is 270 g/mol. The van der Waals surface area contributed by atoms with Crippen LogP contribution in [0.5, 0.6) is 5.75 Å². The molecule has 2 rings (SSSR count). The summed E-state index contributed by atoms with van der Waals surface area (Å²) in [4.78, 5) is 12.0. The van der Waals surface area contributed by atoms with E-state index >= 15 is 0 Å². The van der Waals surface area contributed by atoms with Gasteiger partial charge < -0.3 is 15.8 Å². The molecule has 0 bridgehead atoms. The molecule has 4 nitrogen and oxygen atoms in total. The zero-order chi connectivity index (χ0) is 14.4. The second-order valence-electron chi connectivity index (χ2n) is 4.43. The van der Waals surface area contributed by atoms with E-state index in [1.807, 2.05) is 36.4 Å². The van der Waals surface area contributed by atoms with Crippen molar-refractivity contribution in [2.75, 3.05) is 7.11 Å². The van der Waals surface area contributed by atoms with Crippen LogP contribution in [0.15, 0.2) is 48.5 Å². The molecule has 2 aromatic carbocycles. The average Bonchev–Trinajstić information content (AvgIpc) is 2.53. The van der Waals surface area contributed by atoms with Crippen molar-refractivity contribution >= 4 is 5.91 Å². The minimum absolute atomic E-state index is 0.0932. The molecule has 0 atom stereocenters. The van der Waals surface area contributed by atoms with Gasteiger partial charge in [0.1, 0.15) is 5.75 Å². The van der Waals surface area contributed by atoms with E-state index < -0.39 is 0 Å². The van der Waals surface area contributed by atoms with E-state index in [0.717, 1.165) is 16.9 Å². The quantitative estimate of drug-likeness (QED) is 0.874. The topological polar surface area (TPSA) is 64.3 Å². The van der Waals surface area contributed by atoms with Gasteiger partial charge in [0.05, 0.1) is 7.11 Å². The summed E-state index contributed by atoms with van der Waals surface area (Å²) in [6.45, 7) is 0.967. The first-order valence-electron chi connectivity index (χ1n) is 6.43. The number of hydrogen-bond donors (Lipinski definition) is 2. The van der Waals surface area contributed by atoms with Crippen LogP contribution in [0.2, 0.25) is 0 Å². The maximum atomic E-state index is 12.0. The molecule has 20 heavy (non-hydrogen) atoms. The molecule has 1 amide bonds. The van der Waals surface area contributed by atoms with Crippen LogP contribution in [-0.2, 0) is 13.1 Å². The number of nitrogens with one attached hydrogen (secondary N) is 1. The van der Waals surface area contributed by atoms with Gasteiger partial charge in [0.25, 0.3) is 5.91 Å². The Morgan fingerprint density at radius 1 is 1.05 bits per heavy atom. The van der Waals surface area contributed by atoms with Crippen molar-refractivity contribution in [2.45, 2.75) is 13.1 Å². The van der Waals surface area contributed by atoms with E-state index in [2.05, 4.69) is 5.32 Å². The molecule has 0 saturated heterocycles. The Morgan fingerprint density at radius 3 is 2.20 bits per heavy atom. The van der Waals surface area contributed by atoms with Gasteiger partial charge in [-0.3, -0.25) is 4.79 Å². The molecule has 2 aromatic rings. The standard InChI is InChI=1S/C16H18N2O2/c1-20-15-8-4-13(5-9-15)11-18-16(19)14-6-2-12(10-17)3-7-14/h2-9H,10-11,17H2,1H3,(H,18,19). The molecule has 104 valence electrons. The van der Waals surface area contributed by atoms with Gasteiger partial charge in [-0.2, -0.15) is 0 Å². The van der Waals surface area contributed by atoms with Crippen molar-refractivity contribution in [3.05, 3.63) is 65.2 Å². The number of ether oxygens (including phenoxy) is 1. The second-order valence-corrected chi connectivity index (χ2v) is 4.43. The highest BCUT2D eigenvalue weighted by molar-refractivity contribution is 5.94. The van der Waals surface area contributed by atoms with Gasteiger partial charge in [0.15, 0.2) is 0 Å². The molecule has 0 radical (unpaired) electrons. The predicted molar refractivity (Wildman–Crippen MR) is 78.5 cm³/mol. The number of nitrogens with two attached hydrogens (primary N) is 1. The van der Waals surface area contributed by atoms with Crippen LogP contribution in [0.4, 0.5) is 0 Å². The fraction of sp³-hybridized carbons (Fsp3) is 0.188. The van der Waals surface area contributed by atoms with Gasteiger partial charge in [0, 0.05) is 18.7 Å². The van der Waals surface area contributed by atoms with Crippen molar-refractivity contribution in [3.8, 4) is 5.75 Å². The fourth-order valence-corrected chi connectivity index (χ4v) is 1.82. The van der Waals surface area contributed by atoms with E-state index in [1.54, 1.807) is 19.2 Å². The van der Waals surface area contributed by atoms with Gasteiger partial charge >= 0.3 is 0 Å². The number of carbonyl (C=O) groups is 1. The number of amides is 1. The lowest BCUT2D eigenvalue weighted by Crippen LogP contribution is -2.22. The first-order chi connectivity index (χ1) is 9.72. The molecule has 0 fully saturated rings. The minimum atomic E-state index is -0.0932. The Balaban J connectivity index is 1.93. The molecule has 3 N–H and O–H groups in total. The molecule has 0 aliphatic carbocycles. The highest BCUT2D eigenvalue weighted by atomic mass is 16.5. The minimum Gasteiger partial charge on any atom is -0.497 e. The molecule has 0 aliphatic heterocycles. The molecular weight excluding hydrogens is 252 g/mol. The summed E-state index contributed by atoms with van der Waals surface area (Å²) in [7, 11) is 1.63. The molecule has 0 aromatic heterocycles. The zero-order valence-corrected chi connectivity index (χ0v) is 11.4. The first-order valence-corrected chi connectivity index (χ1v) is 6.43. The fourth-order valence-electron chi connectivity index (χ4n) is 1.82. The summed E-state index contributed by atoms with van der Waals surface area (Å²) in [5.41, 5.74) is 8.19. The number of benzene rings is 2. The van der Waals surface area contributed by atoms with Crippen LogP contribution in [0.25, 0.3) is 0 Å². The van der Waals surface area contributed by atoms with Gasteiger partial charge in [-0.15, -0.1) is 0 Å². The number of rotatable bonds is 5. The van der Waals surface area contributed by atoms with Crippen molar-refractivity contribution in [3.63, 3.8) is 0 Å².